The summed E-state index contributed by atoms with van der Waals surface area (Å²) >= 11 is 0. The molecule has 0 spiro atoms. The summed E-state index contributed by atoms with van der Waals surface area (Å²) in [6, 6.07) is 0. The maximum Gasteiger partial charge on any atom is 0.470 e. The molecule has 108 valence electrons. The highest BCUT2D eigenvalue weighted by atomic mass is 31.2. The van der Waals surface area contributed by atoms with Gasteiger partial charge in [-0.1, -0.05) is 6.92 Å². The third-order valence-corrected chi connectivity index (χ3v) is 3.05. The van der Waals surface area contributed by atoms with E-state index >= 15 is 0 Å². The number of carbonyl (C=O) groups excluding carboxylic acids is 1. The summed E-state index contributed by atoms with van der Waals surface area (Å²) in [4.78, 5) is 31.2. The van der Waals surface area contributed by atoms with Crippen LogP contribution in [-0.4, -0.2) is 38.3 Å². The number of hydrogen-bond donors (Lipinski definition) is 2. The lowest BCUT2D eigenvalue weighted by Crippen LogP contribution is -2.52. The van der Waals surface area contributed by atoms with Gasteiger partial charge in [-0.3, -0.25) is 9.32 Å². The molecule has 0 fully saturated rings. The van der Waals surface area contributed by atoms with Crippen molar-refractivity contribution >= 4 is 13.7 Å². The maximum absolute atomic E-state index is 11.9. The summed E-state index contributed by atoms with van der Waals surface area (Å²) in [5.41, 5.74) is -1.54. The molecule has 0 bridgehead atoms. The quantitative estimate of drug-likeness (QED) is 0.752. The summed E-state index contributed by atoms with van der Waals surface area (Å²) in [5.74, 6) is -0.0788. The molecule has 2 N–H and O–H groups in total. The Balaban J connectivity index is 4.99. The van der Waals surface area contributed by atoms with Crippen molar-refractivity contribution in [3.05, 3.63) is 0 Å². The number of hydrogen-bond acceptors (Lipinski definition) is 3. The van der Waals surface area contributed by atoms with Crippen molar-refractivity contribution in [1.82, 2.24) is 4.90 Å². The van der Waals surface area contributed by atoms with E-state index in [9.17, 15) is 9.36 Å². The fourth-order valence-electron chi connectivity index (χ4n) is 1.62. The molecular weight excluding hydrogens is 257 g/mol. The summed E-state index contributed by atoms with van der Waals surface area (Å²) in [7, 11) is -4.57. The minimum Gasteiger partial charge on any atom is -0.335 e. The SMILES string of the molecule is CCC(=O)N(CC(C)(C)OP(=O)(O)O)C(C)(C)C. The van der Waals surface area contributed by atoms with Gasteiger partial charge in [0.2, 0.25) is 5.91 Å². The Morgan fingerprint density at radius 1 is 1.22 bits per heavy atom. The van der Waals surface area contributed by atoms with Crippen LogP contribution in [0.2, 0.25) is 0 Å². The summed E-state index contributed by atoms with van der Waals surface area (Å²) in [6.07, 6.45) is 0.337. The normalized spacial score (nSPS) is 13.6. The molecule has 0 aliphatic heterocycles. The molecular formula is C11H24NO5P. The zero-order valence-electron chi connectivity index (χ0n) is 11.9. The molecule has 6 nitrogen and oxygen atoms in total. The van der Waals surface area contributed by atoms with E-state index in [0.717, 1.165) is 0 Å². The minimum atomic E-state index is -4.57. The molecule has 1 amide bonds. The topological polar surface area (TPSA) is 87.1 Å². The van der Waals surface area contributed by atoms with E-state index < -0.39 is 19.0 Å². The van der Waals surface area contributed by atoms with Gasteiger partial charge >= 0.3 is 7.82 Å². The van der Waals surface area contributed by atoms with Crippen LogP contribution in [0, 0.1) is 0 Å². The number of phosphoric ester groups is 1. The Labute approximate surface area is 109 Å². The number of rotatable bonds is 5. The van der Waals surface area contributed by atoms with Crippen molar-refractivity contribution < 1.29 is 23.7 Å². The minimum absolute atomic E-state index is 0.0788. The summed E-state index contributed by atoms with van der Waals surface area (Å²) in [6.45, 7) is 10.6. The van der Waals surface area contributed by atoms with Gasteiger partial charge in [0.25, 0.3) is 0 Å². The Hall–Kier alpha value is -0.420. The van der Waals surface area contributed by atoms with Gasteiger partial charge < -0.3 is 14.7 Å². The van der Waals surface area contributed by atoms with Gasteiger partial charge in [-0.2, -0.15) is 0 Å². The Morgan fingerprint density at radius 2 is 1.67 bits per heavy atom. The van der Waals surface area contributed by atoms with Gasteiger partial charge in [0.05, 0.1) is 12.1 Å². The zero-order chi connectivity index (χ0) is 14.8. The van der Waals surface area contributed by atoms with Crippen LogP contribution < -0.4 is 0 Å². The lowest BCUT2D eigenvalue weighted by Gasteiger charge is -2.40. The van der Waals surface area contributed by atoms with Crippen molar-refractivity contribution in [1.29, 1.82) is 0 Å². The first kappa shape index (κ1) is 17.6. The van der Waals surface area contributed by atoms with Gasteiger partial charge in [0.1, 0.15) is 0 Å². The van der Waals surface area contributed by atoms with E-state index in [1.165, 1.54) is 0 Å². The van der Waals surface area contributed by atoms with Gasteiger partial charge in [0.15, 0.2) is 0 Å². The van der Waals surface area contributed by atoms with E-state index in [1.54, 1.807) is 25.7 Å². The Kier molecular flexibility index (Phi) is 5.56. The molecule has 7 heteroatoms. The first-order valence-electron chi connectivity index (χ1n) is 5.85. The van der Waals surface area contributed by atoms with E-state index in [0.29, 0.717) is 6.42 Å². The van der Waals surface area contributed by atoms with Crippen LogP contribution in [0.3, 0.4) is 0 Å². The summed E-state index contributed by atoms with van der Waals surface area (Å²) < 4.78 is 15.6. The van der Waals surface area contributed by atoms with Crippen LogP contribution in [0.25, 0.3) is 0 Å². The smallest absolute Gasteiger partial charge is 0.335 e. The molecule has 0 aliphatic carbocycles. The first-order chi connectivity index (χ1) is 7.78. The van der Waals surface area contributed by atoms with Crippen LogP contribution in [-0.2, 0) is 13.9 Å². The van der Waals surface area contributed by atoms with Gasteiger partial charge in [-0.15, -0.1) is 0 Å². The van der Waals surface area contributed by atoms with Crippen LogP contribution in [0.1, 0.15) is 48.0 Å². The summed E-state index contributed by atoms with van der Waals surface area (Å²) in [5, 5.41) is 0. The standard InChI is InChI=1S/C11H24NO5P/c1-7-9(13)12(10(2,3)4)8-11(5,6)17-18(14,15)16/h7-8H2,1-6H3,(H2,14,15,16). The second-order valence-corrected chi connectivity index (χ2v) is 7.01. The average Bonchev–Trinajstić information content (AvgIpc) is 2.07. The molecule has 0 atom stereocenters. The molecule has 0 rings (SSSR count). The van der Waals surface area contributed by atoms with Crippen LogP contribution in [0.15, 0.2) is 0 Å². The van der Waals surface area contributed by atoms with Crippen LogP contribution in [0.4, 0.5) is 0 Å². The highest BCUT2D eigenvalue weighted by Gasteiger charge is 2.35. The molecule has 0 saturated carbocycles. The maximum atomic E-state index is 11.9. The molecule has 0 aromatic rings. The molecule has 0 saturated heterocycles. The molecule has 18 heavy (non-hydrogen) atoms. The molecule has 0 aromatic heterocycles. The molecule has 0 aromatic carbocycles. The average molecular weight is 281 g/mol. The second kappa shape index (κ2) is 5.70. The van der Waals surface area contributed by atoms with Crippen molar-refractivity contribution in [2.45, 2.75) is 59.1 Å². The fraction of sp³-hybridized carbons (Fsp3) is 0.909. The monoisotopic (exact) mass is 281 g/mol. The van der Waals surface area contributed by atoms with Crippen molar-refractivity contribution in [3.8, 4) is 0 Å². The first-order valence-corrected chi connectivity index (χ1v) is 7.38. The lowest BCUT2D eigenvalue weighted by atomic mass is 10.0. The number of carbonyl (C=O) groups is 1. The van der Waals surface area contributed by atoms with E-state index in [2.05, 4.69) is 0 Å². The van der Waals surface area contributed by atoms with Crippen LogP contribution in [0.5, 0.6) is 0 Å². The molecule has 0 unspecified atom stereocenters. The van der Waals surface area contributed by atoms with Gasteiger partial charge in [-0.05, 0) is 34.6 Å². The van der Waals surface area contributed by atoms with E-state index in [1.807, 2.05) is 20.8 Å². The predicted molar refractivity (Wildman–Crippen MR) is 69.0 cm³/mol. The molecule has 0 radical (unpaired) electrons. The van der Waals surface area contributed by atoms with Crippen molar-refractivity contribution in [3.63, 3.8) is 0 Å². The molecule has 0 heterocycles. The van der Waals surface area contributed by atoms with Crippen molar-refractivity contribution in [2.24, 2.45) is 0 Å². The second-order valence-electron chi connectivity index (χ2n) is 5.85. The third kappa shape index (κ3) is 6.50. The Morgan fingerprint density at radius 3 is 1.94 bits per heavy atom. The lowest BCUT2D eigenvalue weighted by molar-refractivity contribution is -0.139. The fourth-order valence-corrected chi connectivity index (χ4v) is 2.32. The predicted octanol–water partition coefficient (Wildman–Crippen LogP) is 1.91. The largest absolute Gasteiger partial charge is 0.470 e. The number of phosphoric acid groups is 1. The third-order valence-electron chi connectivity index (χ3n) is 2.32. The van der Waals surface area contributed by atoms with Gasteiger partial charge in [0, 0.05) is 12.0 Å². The van der Waals surface area contributed by atoms with Crippen molar-refractivity contribution in [2.75, 3.05) is 6.54 Å². The van der Waals surface area contributed by atoms with E-state index in [4.69, 9.17) is 14.3 Å². The highest BCUT2D eigenvalue weighted by molar-refractivity contribution is 7.46. The Bertz CT molecular complexity index is 342. The number of nitrogens with zero attached hydrogens (tertiary/aromatic N) is 1. The van der Waals surface area contributed by atoms with Gasteiger partial charge in [-0.25, -0.2) is 4.57 Å². The molecule has 0 aliphatic rings. The van der Waals surface area contributed by atoms with E-state index in [-0.39, 0.29) is 12.5 Å². The zero-order valence-corrected chi connectivity index (χ0v) is 12.8. The number of amides is 1. The highest BCUT2D eigenvalue weighted by Crippen LogP contribution is 2.41. The van der Waals surface area contributed by atoms with Crippen LogP contribution >= 0.6 is 7.82 Å².